The summed E-state index contributed by atoms with van der Waals surface area (Å²) in [6, 6.07) is 12.2. The van der Waals surface area contributed by atoms with Gasteiger partial charge in [0.05, 0.1) is 11.3 Å². The second-order valence-electron chi connectivity index (χ2n) is 8.14. The Hall–Kier alpha value is -2.09. The molecule has 2 aliphatic rings. The average molecular weight is 476 g/mol. The highest BCUT2D eigenvalue weighted by Crippen LogP contribution is 2.26. The summed E-state index contributed by atoms with van der Waals surface area (Å²) in [5.41, 5.74) is 1.13. The van der Waals surface area contributed by atoms with Gasteiger partial charge in [-0.25, -0.2) is 4.39 Å². The van der Waals surface area contributed by atoms with E-state index in [0.717, 1.165) is 30.8 Å². The Morgan fingerprint density at radius 1 is 0.906 bits per heavy atom. The number of likely N-dealkylation sites (tertiary alicyclic amines) is 1. The lowest BCUT2D eigenvalue weighted by molar-refractivity contribution is -0.127. The van der Waals surface area contributed by atoms with Gasteiger partial charge < -0.3 is 9.80 Å². The second-order valence-corrected chi connectivity index (χ2v) is 9.57. The summed E-state index contributed by atoms with van der Waals surface area (Å²) >= 11 is 7.59. The van der Waals surface area contributed by atoms with Crippen molar-refractivity contribution in [3.8, 4) is 0 Å². The minimum atomic E-state index is -0.301. The quantitative estimate of drug-likeness (QED) is 0.589. The van der Waals surface area contributed by atoms with Crippen LogP contribution in [0.4, 0.5) is 4.39 Å². The Labute approximate surface area is 197 Å². The SMILES string of the molecule is O=C(CSc1ccccc1C(=O)N1CCN(Cc2c(F)cccc2Cl)CC1)N1CCCC1. The van der Waals surface area contributed by atoms with Crippen molar-refractivity contribution in [2.24, 2.45) is 0 Å². The Balaban J connectivity index is 1.34. The number of carbonyl (C=O) groups excluding carboxylic acids is 2. The van der Waals surface area contributed by atoms with Gasteiger partial charge in [0.2, 0.25) is 5.91 Å². The Bertz CT molecular complexity index is 955. The molecular weight excluding hydrogens is 449 g/mol. The van der Waals surface area contributed by atoms with Crippen LogP contribution in [0, 0.1) is 5.82 Å². The first-order chi connectivity index (χ1) is 15.5. The van der Waals surface area contributed by atoms with Gasteiger partial charge in [-0.05, 0) is 37.1 Å². The summed E-state index contributed by atoms with van der Waals surface area (Å²) in [7, 11) is 0. The first kappa shape index (κ1) is 23.1. The molecule has 32 heavy (non-hydrogen) atoms. The number of halogens is 2. The van der Waals surface area contributed by atoms with Gasteiger partial charge in [-0.2, -0.15) is 0 Å². The smallest absolute Gasteiger partial charge is 0.255 e. The standard InChI is InChI=1S/C24H27ClFN3O2S/c25-20-7-5-8-21(26)19(20)16-27-12-14-29(15-13-27)24(31)18-6-1-2-9-22(18)32-17-23(30)28-10-3-4-11-28/h1-2,5-9H,3-4,10-17H2. The predicted octanol–water partition coefficient (Wildman–Crippen LogP) is 4.15. The van der Waals surface area contributed by atoms with Crippen LogP contribution < -0.4 is 0 Å². The van der Waals surface area contributed by atoms with Crippen molar-refractivity contribution in [2.75, 3.05) is 45.0 Å². The number of benzene rings is 2. The van der Waals surface area contributed by atoms with Crippen LogP contribution in [-0.2, 0) is 11.3 Å². The number of hydrogen-bond donors (Lipinski definition) is 0. The van der Waals surface area contributed by atoms with Gasteiger partial charge in [0.25, 0.3) is 5.91 Å². The van der Waals surface area contributed by atoms with Crippen molar-refractivity contribution in [1.29, 1.82) is 0 Å². The third kappa shape index (κ3) is 5.45. The molecule has 2 aromatic carbocycles. The maximum Gasteiger partial charge on any atom is 0.255 e. The van der Waals surface area contributed by atoms with E-state index in [1.165, 1.54) is 17.8 Å². The molecule has 0 aromatic heterocycles. The molecule has 4 rings (SSSR count). The zero-order valence-corrected chi connectivity index (χ0v) is 19.5. The van der Waals surface area contributed by atoms with Crippen LogP contribution in [0.25, 0.3) is 0 Å². The van der Waals surface area contributed by atoms with Crippen LogP contribution in [0.2, 0.25) is 5.02 Å². The van der Waals surface area contributed by atoms with Crippen molar-refractivity contribution >= 4 is 35.2 Å². The van der Waals surface area contributed by atoms with Gasteiger partial charge in [-0.1, -0.05) is 29.8 Å². The number of thioether (sulfide) groups is 1. The topological polar surface area (TPSA) is 43.9 Å². The maximum absolute atomic E-state index is 14.1. The third-order valence-corrected chi connectivity index (χ3v) is 7.44. The van der Waals surface area contributed by atoms with Gasteiger partial charge in [0.1, 0.15) is 5.82 Å². The largest absolute Gasteiger partial charge is 0.342 e. The van der Waals surface area contributed by atoms with Gasteiger partial charge in [0, 0.05) is 61.3 Å². The number of nitrogens with zero attached hydrogens (tertiary/aromatic N) is 3. The maximum atomic E-state index is 14.1. The van der Waals surface area contributed by atoms with E-state index in [2.05, 4.69) is 4.90 Å². The van der Waals surface area contributed by atoms with E-state index in [1.54, 1.807) is 12.1 Å². The average Bonchev–Trinajstić information content (AvgIpc) is 3.35. The van der Waals surface area contributed by atoms with Crippen LogP contribution in [0.1, 0.15) is 28.8 Å². The number of amides is 2. The molecule has 0 aliphatic carbocycles. The molecule has 2 saturated heterocycles. The summed E-state index contributed by atoms with van der Waals surface area (Å²) in [5.74, 6) is 0.160. The third-order valence-electron chi connectivity index (χ3n) is 6.03. The fourth-order valence-electron chi connectivity index (χ4n) is 4.15. The zero-order chi connectivity index (χ0) is 22.5. The molecule has 2 aliphatic heterocycles. The van der Waals surface area contributed by atoms with E-state index in [1.807, 2.05) is 34.1 Å². The molecule has 0 unspecified atom stereocenters. The summed E-state index contributed by atoms with van der Waals surface area (Å²) in [5, 5.41) is 0.429. The van der Waals surface area contributed by atoms with Crippen molar-refractivity contribution in [3.05, 3.63) is 64.4 Å². The molecule has 2 amide bonds. The first-order valence-corrected chi connectivity index (χ1v) is 12.3. The first-order valence-electron chi connectivity index (χ1n) is 11.0. The van der Waals surface area contributed by atoms with Gasteiger partial charge in [-0.15, -0.1) is 11.8 Å². The highest BCUT2D eigenvalue weighted by atomic mass is 35.5. The number of piperazine rings is 1. The molecule has 8 heteroatoms. The predicted molar refractivity (Wildman–Crippen MR) is 126 cm³/mol. The molecule has 0 atom stereocenters. The van der Waals surface area contributed by atoms with Crippen LogP contribution >= 0.6 is 23.4 Å². The lowest BCUT2D eigenvalue weighted by Crippen LogP contribution is -2.48. The Morgan fingerprint density at radius 3 is 2.34 bits per heavy atom. The lowest BCUT2D eigenvalue weighted by atomic mass is 10.1. The molecule has 5 nitrogen and oxygen atoms in total. The summed E-state index contributed by atoms with van der Waals surface area (Å²) < 4.78 is 14.1. The second kappa shape index (κ2) is 10.7. The zero-order valence-electron chi connectivity index (χ0n) is 17.9. The van der Waals surface area contributed by atoms with Crippen LogP contribution in [0.15, 0.2) is 47.4 Å². The van der Waals surface area contributed by atoms with E-state index in [-0.39, 0.29) is 17.6 Å². The Kier molecular flexibility index (Phi) is 7.71. The van der Waals surface area contributed by atoms with E-state index in [0.29, 0.717) is 54.6 Å². The number of rotatable bonds is 6. The van der Waals surface area contributed by atoms with Crippen LogP contribution in [0.5, 0.6) is 0 Å². The monoisotopic (exact) mass is 475 g/mol. The highest BCUT2D eigenvalue weighted by molar-refractivity contribution is 8.00. The van der Waals surface area contributed by atoms with Gasteiger partial charge in [0.15, 0.2) is 0 Å². The minimum Gasteiger partial charge on any atom is -0.342 e. The van der Waals surface area contributed by atoms with E-state index < -0.39 is 0 Å². The molecule has 0 N–H and O–H groups in total. The molecule has 0 spiro atoms. The van der Waals surface area contributed by atoms with E-state index >= 15 is 0 Å². The molecule has 2 fully saturated rings. The summed E-state index contributed by atoms with van der Waals surface area (Å²) in [4.78, 5) is 32.3. The number of carbonyl (C=O) groups is 2. The van der Waals surface area contributed by atoms with E-state index in [9.17, 15) is 14.0 Å². The summed E-state index contributed by atoms with van der Waals surface area (Å²) in [6.45, 7) is 4.54. The number of hydrogen-bond acceptors (Lipinski definition) is 4. The molecule has 170 valence electrons. The van der Waals surface area contributed by atoms with Crippen LogP contribution in [-0.4, -0.2) is 71.5 Å². The molecule has 2 aromatic rings. The van der Waals surface area contributed by atoms with Crippen molar-refractivity contribution in [1.82, 2.24) is 14.7 Å². The van der Waals surface area contributed by atoms with Crippen molar-refractivity contribution in [3.63, 3.8) is 0 Å². The minimum absolute atomic E-state index is 0.0229. The fourth-order valence-corrected chi connectivity index (χ4v) is 5.32. The highest BCUT2D eigenvalue weighted by Gasteiger charge is 2.25. The molecule has 2 heterocycles. The lowest BCUT2D eigenvalue weighted by Gasteiger charge is -2.35. The van der Waals surface area contributed by atoms with Crippen LogP contribution in [0.3, 0.4) is 0 Å². The van der Waals surface area contributed by atoms with E-state index in [4.69, 9.17) is 11.6 Å². The molecule has 0 bridgehead atoms. The van der Waals surface area contributed by atoms with Crippen molar-refractivity contribution in [2.45, 2.75) is 24.3 Å². The van der Waals surface area contributed by atoms with Gasteiger partial charge in [-0.3, -0.25) is 14.5 Å². The summed E-state index contributed by atoms with van der Waals surface area (Å²) in [6.07, 6.45) is 2.14. The van der Waals surface area contributed by atoms with Crippen molar-refractivity contribution < 1.29 is 14.0 Å². The Morgan fingerprint density at radius 2 is 1.62 bits per heavy atom. The molecular formula is C24H27ClFN3O2S. The fraction of sp³-hybridized carbons (Fsp3) is 0.417. The molecule has 0 saturated carbocycles. The molecule has 0 radical (unpaired) electrons. The van der Waals surface area contributed by atoms with Gasteiger partial charge >= 0.3 is 0 Å². The normalized spacial score (nSPS) is 17.1.